The highest BCUT2D eigenvalue weighted by molar-refractivity contribution is 8.14. The zero-order valence-electron chi connectivity index (χ0n) is 10.7. The summed E-state index contributed by atoms with van der Waals surface area (Å²) in [7, 11) is 0. The number of benzene rings is 1. The van der Waals surface area contributed by atoms with Gasteiger partial charge in [0.1, 0.15) is 12.3 Å². The Kier molecular flexibility index (Phi) is 3.55. The van der Waals surface area contributed by atoms with E-state index in [-0.39, 0.29) is 0 Å². The summed E-state index contributed by atoms with van der Waals surface area (Å²) in [6.07, 6.45) is 1.72. The third-order valence-corrected chi connectivity index (χ3v) is 3.93. The van der Waals surface area contributed by atoms with E-state index in [2.05, 4.69) is 39.6 Å². The van der Waals surface area contributed by atoms with Gasteiger partial charge in [-0.2, -0.15) is 0 Å². The van der Waals surface area contributed by atoms with Gasteiger partial charge in [-0.25, -0.2) is 4.98 Å². The Bertz CT molecular complexity index is 579. The number of aryl methyl sites for hydroxylation is 1. The van der Waals surface area contributed by atoms with Crippen molar-refractivity contribution >= 4 is 16.9 Å². The topological polar surface area (TPSA) is 50.4 Å². The van der Waals surface area contributed by atoms with E-state index in [0.717, 1.165) is 16.7 Å². The van der Waals surface area contributed by atoms with E-state index < -0.39 is 0 Å². The maximum absolute atomic E-state index is 5.40. The lowest BCUT2D eigenvalue weighted by Crippen LogP contribution is -2.19. The molecule has 2 heterocycles. The summed E-state index contributed by atoms with van der Waals surface area (Å²) in [5, 5.41) is 4.39. The molecular weight excluding hydrogens is 258 g/mol. The molecule has 0 bridgehead atoms. The molecule has 1 saturated heterocycles. The number of amidine groups is 1. The number of hydrogen-bond acceptors (Lipinski definition) is 4. The molecule has 0 aliphatic carbocycles. The van der Waals surface area contributed by atoms with Crippen LogP contribution in [0.15, 0.2) is 45.9 Å². The predicted molar refractivity (Wildman–Crippen MR) is 77.2 cm³/mol. The number of aromatic nitrogens is 1. The highest BCUT2D eigenvalue weighted by atomic mass is 32.2. The Morgan fingerprint density at radius 3 is 3.00 bits per heavy atom. The van der Waals surface area contributed by atoms with Gasteiger partial charge >= 0.3 is 0 Å². The van der Waals surface area contributed by atoms with Crippen LogP contribution in [0.1, 0.15) is 23.3 Å². The van der Waals surface area contributed by atoms with Crippen molar-refractivity contribution in [3.8, 4) is 0 Å². The van der Waals surface area contributed by atoms with Gasteiger partial charge in [0.25, 0.3) is 0 Å². The highest BCUT2D eigenvalue weighted by Gasteiger charge is 2.21. The average Bonchev–Trinajstić information content (AvgIpc) is 3.06. The number of hydrogen-bond donors (Lipinski definition) is 1. The van der Waals surface area contributed by atoms with Gasteiger partial charge in [-0.3, -0.25) is 4.99 Å². The Balaban J connectivity index is 1.62. The highest BCUT2D eigenvalue weighted by Crippen LogP contribution is 2.26. The number of nitrogens with one attached hydrogen (secondary N) is 1. The van der Waals surface area contributed by atoms with Crippen molar-refractivity contribution in [3.05, 3.63) is 53.7 Å². The second-order valence-corrected chi connectivity index (χ2v) is 5.41. The molecule has 2 aromatic rings. The lowest BCUT2D eigenvalue weighted by molar-refractivity contribution is 0.474. The van der Waals surface area contributed by atoms with Crippen molar-refractivity contribution < 1.29 is 4.42 Å². The van der Waals surface area contributed by atoms with Crippen molar-refractivity contribution in [3.63, 3.8) is 0 Å². The third-order valence-electron chi connectivity index (χ3n) is 2.91. The van der Waals surface area contributed by atoms with Gasteiger partial charge in [0, 0.05) is 5.75 Å². The molecule has 1 atom stereocenters. The summed E-state index contributed by atoms with van der Waals surface area (Å²) in [6, 6.07) is 10.8. The fourth-order valence-electron chi connectivity index (χ4n) is 1.96. The van der Waals surface area contributed by atoms with Crippen LogP contribution in [-0.4, -0.2) is 15.9 Å². The number of nitrogens with zero attached hydrogens (tertiary/aromatic N) is 2. The van der Waals surface area contributed by atoms with E-state index >= 15 is 0 Å². The molecule has 1 fully saturated rings. The van der Waals surface area contributed by atoms with Gasteiger partial charge in [0.2, 0.25) is 5.89 Å². The van der Waals surface area contributed by atoms with Crippen molar-refractivity contribution in [1.82, 2.24) is 10.3 Å². The van der Waals surface area contributed by atoms with Crippen LogP contribution in [0.3, 0.4) is 0 Å². The molecule has 1 aliphatic rings. The van der Waals surface area contributed by atoms with Crippen molar-refractivity contribution in [1.29, 1.82) is 0 Å². The van der Waals surface area contributed by atoms with Crippen molar-refractivity contribution in [2.24, 2.45) is 4.99 Å². The molecule has 19 heavy (non-hydrogen) atoms. The monoisotopic (exact) mass is 273 g/mol. The fraction of sp³-hybridized carbons (Fsp3) is 0.286. The lowest BCUT2D eigenvalue weighted by Gasteiger charge is -2.09. The number of oxazole rings is 1. The van der Waals surface area contributed by atoms with Crippen LogP contribution in [0.5, 0.6) is 0 Å². The van der Waals surface area contributed by atoms with Crippen LogP contribution in [0.25, 0.3) is 0 Å². The van der Waals surface area contributed by atoms with E-state index in [0.29, 0.717) is 18.5 Å². The minimum Gasteiger partial charge on any atom is -0.444 e. The minimum atomic E-state index is 0.344. The Labute approximate surface area is 116 Å². The summed E-state index contributed by atoms with van der Waals surface area (Å²) in [5.74, 6) is 2.49. The molecule has 0 radical (unpaired) electrons. The largest absolute Gasteiger partial charge is 0.444 e. The summed E-state index contributed by atoms with van der Waals surface area (Å²) in [5.41, 5.74) is 1.30. The van der Waals surface area contributed by atoms with E-state index in [1.807, 2.05) is 13.0 Å². The number of aliphatic imine (C=N–C) groups is 1. The zero-order chi connectivity index (χ0) is 13.1. The summed E-state index contributed by atoms with van der Waals surface area (Å²) >= 11 is 1.74. The van der Waals surface area contributed by atoms with Crippen LogP contribution in [-0.2, 0) is 6.54 Å². The lowest BCUT2D eigenvalue weighted by atomic mass is 10.1. The first-order valence-electron chi connectivity index (χ1n) is 6.21. The summed E-state index contributed by atoms with van der Waals surface area (Å²) < 4.78 is 5.40. The van der Waals surface area contributed by atoms with Crippen LogP contribution < -0.4 is 5.32 Å². The molecule has 1 N–H and O–H groups in total. The molecule has 98 valence electrons. The maximum atomic E-state index is 5.40. The predicted octanol–water partition coefficient (Wildman–Crippen LogP) is 2.92. The molecule has 5 heteroatoms. The molecule has 3 rings (SSSR count). The maximum Gasteiger partial charge on any atom is 0.216 e. The number of rotatable bonds is 3. The SMILES string of the molecule is Cc1cnc(CN=C2NC(c3ccccc3)CS2)o1. The van der Waals surface area contributed by atoms with Gasteiger partial charge in [0.15, 0.2) is 5.17 Å². The summed E-state index contributed by atoms with van der Waals surface area (Å²) in [6.45, 7) is 2.38. The molecule has 4 nitrogen and oxygen atoms in total. The zero-order valence-corrected chi connectivity index (χ0v) is 11.5. The third kappa shape index (κ3) is 2.98. The van der Waals surface area contributed by atoms with E-state index in [9.17, 15) is 0 Å². The quantitative estimate of drug-likeness (QED) is 0.934. The van der Waals surface area contributed by atoms with Gasteiger partial charge in [-0.15, -0.1) is 0 Å². The van der Waals surface area contributed by atoms with Gasteiger partial charge < -0.3 is 9.73 Å². The van der Waals surface area contributed by atoms with Crippen molar-refractivity contribution in [2.75, 3.05) is 5.75 Å². The minimum absolute atomic E-state index is 0.344. The summed E-state index contributed by atoms with van der Waals surface area (Å²) in [4.78, 5) is 8.64. The van der Waals surface area contributed by atoms with Crippen LogP contribution in [0, 0.1) is 6.92 Å². The Morgan fingerprint density at radius 1 is 1.42 bits per heavy atom. The van der Waals surface area contributed by atoms with Crippen molar-refractivity contribution in [2.45, 2.75) is 19.5 Å². The smallest absolute Gasteiger partial charge is 0.216 e. The molecule has 1 unspecified atom stereocenters. The molecule has 1 aliphatic heterocycles. The average molecular weight is 273 g/mol. The van der Waals surface area contributed by atoms with E-state index in [1.165, 1.54) is 5.56 Å². The van der Waals surface area contributed by atoms with E-state index in [1.54, 1.807) is 18.0 Å². The molecule has 0 amide bonds. The first kappa shape index (κ1) is 12.3. The van der Waals surface area contributed by atoms with Gasteiger partial charge in [-0.05, 0) is 12.5 Å². The molecule has 0 saturated carbocycles. The standard InChI is InChI=1S/C14H15N3OS/c1-10-7-15-13(18-10)8-16-14-17-12(9-19-14)11-5-3-2-4-6-11/h2-7,12H,8-9H2,1H3,(H,16,17). The fourth-order valence-corrected chi connectivity index (χ4v) is 2.95. The number of thioether (sulfide) groups is 1. The first-order valence-corrected chi connectivity index (χ1v) is 7.20. The first-order chi connectivity index (χ1) is 9.31. The van der Waals surface area contributed by atoms with Gasteiger partial charge in [0.05, 0.1) is 12.2 Å². The second-order valence-electron chi connectivity index (χ2n) is 4.40. The molecule has 0 spiro atoms. The van der Waals surface area contributed by atoms with Gasteiger partial charge in [-0.1, -0.05) is 42.1 Å². The second kappa shape index (κ2) is 5.48. The molecule has 1 aromatic heterocycles. The normalized spacial score (nSPS) is 20.7. The van der Waals surface area contributed by atoms with E-state index in [4.69, 9.17) is 4.42 Å². The molecular formula is C14H15N3OS. The van der Waals surface area contributed by atoms with Crippen LogP contribution in [0.4, 0.5) is 0 Å². The van der Waals surface area contributed by atoms with Crippen LogP contribution in [0.2, 0.25) is 0 Å². The Hall–Kier alpha value is -1.75. The Morgan fingerprint density at radius 2 is 2.26 bits per heavy atom. The molecule has 1 aromatic carbocycles. The van der Waals surface area contributed by atoms with Crippen LogP contribution >= 0.6 is 11.8 Å².